The number of hydrogen-bond donors (Lipinski definition) is 2. The largest absolute Gasteiger partial charge is 0.353 e. The van der Waals surface area contributed by atoms with Crippen LogP contribution in [-0.4, -0.2) is 30.3 Å². The smallest absolute Gasteiger partial charge is 0.220 e. The van der Waals surface area contributed by atoms with Gasteiger partial charge in [0.2, 0.25) is 5.91 Å². The first-order valence-corrected chi connectivity index (χ1v) is 7.74. The lowest BCUT2D eigenvalue weighted by atomic mass is 10.00. The maximum Gasteiger partial charge on any atom is 0.220 e. The zero-order valence-electron chi connectivity index (χ0n) is 12.2. The van der Waals surface area contributed by atoms with Gasteiger partial charge in [0.25, 0.3) is 0 Å². The molecule has 0 aliphatic carbocycles. The molecule has 1 aliphatic heterocycles. The van der Waals surface area contributed by atoms with Crippen molar-refractivity contribution in [2.45, 2.75) is 44.7 Å². The summed E-state index contributed by atoms with van der Waals surface area (Å²) in [5.74, 6) is -0.0723. The van der Waals surface area contributed by atoms with Crippen LogP contribution in [0.4, 0.5) is 0 Å². The van der Waals surface area contributed by atoms with Crippen LogP contribution in [0.1, 0.15) is 43.0 Å². The maximum atomic E-state index is 12.0. The molecule has 2 rings (SSSR count). The van der Waals surface area contributed by atoms with Gasteiger partial charge in [-0.25, -0.2) is 0 Å². The van der Waals surface area contributed by atoms with E-state index in [0.29, 0.717) is 16.6 Å². The second-order valence-corrected chi connectivity index (χ2v) is 6.01. The number of benzene rings is 1. The van der Waals surface area contributed by atoms with Gasteiger partial charge in [0.1, 0.15) is 0 Å². The van der Waals surface area contributed by atoms with Crippen LogP contribution in [-0.2, 0) is 4.79 Å². The topological polar surface area (TPSA) is 58.2 Å². The minimum Gasteiger partial charge on any atom is -0.353 e. The minimum atomic E-state index is -0.0450. The second kappa shape index (κ2) is 7.57. The summed E-state index contributed by atoms with van der Waals surface area (Å²) in [6, 6.07) is 7.41. The minimum absolute atomic E-state index is 0.0273. The molecule has 1 saturated heterocycles. The number of halogens is 1. The fourth-order valence-corrected chi connectivity index (χ4v) is 2.70. The van der Waals surface area contributed by atoms with Gasteiger partial charge >= 0.3 is 0 Å². The normalized spacial score (nSPS) is 21.8. The summed E-state index contributed by atoms with van der Waals surface area (Å²) < 4.78 is 0. The van der Waals surface area contributed by atoms with Crippen molar-refractivity contribution in [3.8, 4) is 0 Å². The van der Waals surface area contributed by atoms with Crippen molar-refractivity contribution in [3.63, 3.8) is 0 Å². The summed E-state index contributed by atoms with van der Waals surface area (Å²) in [7, 11) is 0. The Balaban J connectivity index is 1.75. The van der Waals surface area contributed by atoms with Gasteiger partial charge < -0.3 is 10.6 Å². The molecule has 1 heterocycles. The molecular weight excluding hydrogens is 288 g/mol. The van der Waals surface area contributed by atoms with Crippen molar-refractivity contribution in [3.05, 3.63) is 34.9 Å². The third-order valence-electron chi connectivity index (χ3n) is 3.73. The monoisotopic (exact) mass is 308 g/mol. The Morgan fingerprint density at radius 2 is 2.00 bits per heavy atom. The summed E-state index contributed by atoms with van der Waals surface area (Å²) in [4.78, 5) is 23.9. The SMILES string of the molecule is CC1CC(NC(=O)CCC(=O)c2ccc(Cl)cc2)CCN1. The van der Waals surface area contributed by atoms with Crippen molar-refractivity contribution in [2.75, 3.05) is 6.54 Å². The highest BCUT2D eigenvalue weighted by Gasteiger charge is 2.20. The first kappa shape index (κ1) is 16.0. The average molecular weight is 309 g/mol. The van der Waals surface area contributed by atoms with E-state index in [1.807, 2.05) is 0 Å². The van der Waals surface area contributed by atoms with Crippen molar-refractivity contribution in [1.82, 2.24) is 10.6 Å². The van der Waals surface area contributed by atoms with Crippen LogP contribution in [0.15, 0.2) is 24.3 Å². The van der Waals surface area contributed by atoms with Gasteiger partial charge in [0, 0.05) is 35.5 Å². The molecule has 1 aromatic rings. The zero-order valence-corrected chi connectivity index (χ0v) is 13.0. The number of nitrogens with one attached hydrogen (secondary N) is 2. The van der Waals surface area contributed by atoms with Crippen molar-refractivity contribution >= 4 is 23.3 Å². The van der Waals surface area contributed by atoms with Gasteiger partial charge in [-0.2, -0.15) is 0 Å². The lowest BCUT2D eigenvalue weighted by Gasteiger charge is -2.28. The molecule has 1 aliphatic rings. The van der Waals surface area contributed by atoms with E-state index < -0.39 is 0 Å². The first-order chi connectivity index (χ1) is 10.0. The molecule has 4 nitrogen and oxygen atoms in total. The highest BCUT2D eigenvalue weighted by molar-refractivity contribution is 6.30. The number of piperidine rings is 1. The van der Waals surface area contributed by atoms with E-state index in [1.54, 1.807) is 24.3 Å². The number of hydrogen-bond acceptors (Lipinski definition) is 3. The van der Waals surface area contributed by atoms with E-state index in [9.17, 15) is 9.59 Å². The number of amides is 1. The summed E-state index contributed by atoms with van der Waals surface area (Å²) >= 11 is 5.78. The molecule has 1 amide bonds. The average Bonchev–Trinajstić information content (AvgIpc) is 2.45. The van der Waals surface area contributed by atoms with Crippen molar-refractivity contribution in [2.24, 2.45) is 0 Å². The molecule has 1 aromatic carbocycles. The number of carbonyl (C=O) groups is 2. The van der Waals surface area contributed by atoms with Crippen LogP contribution in [0.2, 0.25) is 5.02 Å². The molecule has 0 radical (unpaired) electrons. The third kappa shape index (κ3) is 5.14. The maximum absolute atomic E-state index is 12.0. The predicted octanol–water partition coefficient (Wildman–Crippen LogP) is 2.56. The van der Waals surface area contributed by atoms with E-state index in [0.717, 1.165) is 19.4 Å². The van der Waals surface area contributed by atoms with E-state index in [1.165, 1.54) is 0 Å². The molecule has 0 spiro atoms. The van der Waals surface area contributed by atoms with Gasteiger partial charge in [0.05, 0.1) is 0 Å². The Kier molecular flexibility index (Phi) is 5.76. The van der Waals surface area contributed by atoms with Gasteiger partial charge in [0.15, 0.2) is 5.78 Å². The predicted molar refractivity (Wildman–Crippen MR) is 83.6 cm³/mol. The molecule has 0 aromatic heterocycles. The van der Waals surface area contributed by atoms with E-state index in [4.69, 9.17) is 11.6 Å². The zero-order chi connectivity index (χ0) is 15.2. The van der Waals surface area contributed by atoms with Crippen molar-refractivity contribution in [1.29, 1.82) is 0 Å². The van der Waals surface area contributed by atoms with Gasteiger partial charge in [-0.3, -0.25) is 9.59 Å². The van der Waals surface area contributed by atoms with E-state index >= 15 is 0 Å². The fraction of sp³-hybridized carbons (Fsp3) is 0.500. The van der Waals surface area contributed by atoms with Crippen LogP contribution in [0.25, 0.3) is 0 Å². The quantitative estimate of drug-likeness (QED) is 0.822. The Morgan fingerprint density at radius 1 is 1.29 bits per heavy atom. The molecule has 5 heteroatoms. The van der Waals surface area contributed by atoms with Crippen LogP contribution in [0.3, 0.4) is 0 Å². The van der Waals surface area contributed by atoms with Crippen LogP contribution < -0.4 is 10.6 Å². The van der Waals surface area contributed by atoms with E-state index in [-0.39, 0.29) is 30.6 Å². The lowest BCUT2D eigenvalue weighted by Crippen LogP contribution is -2.46. The Bertz CT molecular complexity index is 502. The molecular formula is C16H21ClN2O2. The molecule has 0 saturated carbocycles. The standard InChI is InChI=1S/C16H21ClN2O2/c1-11-10-14(8-9-18-11)19-16(21)7-6-15(20)12-2-4-13(17)5-3-12/h2-5,11,14,18H,6-10H2,1H3,(H,19,21). The summed E-state index contributed by atoms with van der Waals surface area (Å²) in [6.07, 6.45) is 2.35. The highest BCUT2D eigenvalue weighted by atomic mass is 35.5. The Morgan fingerprint density at radius 3 is 2.67 bits per heavy atom. The Labute approximate surface area is 130 Å². The molecule has 2 N–H and O–H groups in total. The van der Waals surface area contributed by atoms with Crippen LogP contribution in [0, 0.1) is 0 Å². The molecule has 2 unspecified atom stereocenters. The molecule has 2 atom stereocenters. The first-order valence-electron chi connectivity index (χ1n) is 7.36. The number of rotatable bonds is 5. The summed E-state index contributed by atoms with van der Waals surface area (Å²) in [5, 5.41) is 6.96. The molecule has 1 fully saturated rings. The van der Waals surface area contributed by atoms with Crippen LogP contribution in [0.5, 0.6) is 0 Å². The molecule has 21 heavy (non-hydrogen) atoms. The van der Waals surface area contributed by atoms with Crippen LogP contribution >= 0.6 is 11.6 Å². The van der Waals surface area contributed by atoms with Gasteiger partial charge in [-0.1, -0.05) is 11.6 Å². The van der Waals surface area contributed by atoms with E-state index in [2.05, 4.69) is 17.6 Å². The second-order valence-electron chi connectivity index (χ2n) is 5.57. The molecule has 0 bridgehead atoms. The fourth-order valence-electron chi connectivity index (χ4n) is 2.57. The highest BCUT2D eigenvalue weighted by Crippen LogP contribution is 2.12. The number of carbonyl (C=O) groups excluding carboxylic acids is 2. The van der Waals surface area contributed by atoms with Gasteiger partial charge in [-0.15, -0.1) is 0 Å². The number of ketones is 1. The Hall–Kier alpha value is -1.39. The van der Waals surface area contributed by atoms with Crippen molar-refractivity contribution < 1.29 is 9.59 Å². The lowest BCUT2D eigenvalue weighted by molar-refractivity contribution is -0.122. The van der Waals surface area contributed by atoms with Gasteiger partial charge in [-0.05, 0) is 50.6 Å². The third-order valence-corrected chi connectivity index (χ3v) is 3.99. The summed E-state index contributed by atoms with van der Waals surface area (Å²) in [6.45, 7) is 3.04. The number of Topliss-reactive ketones (excluding diaryl/α,β-unsaturated/α-hetero) is 1. The molecule has 114 valence electrons. The summed E-state index contributed by atoms with van der Waals surface area (Å²) in [5.41, 5.74) is 0.600.